The Labute approximate surface area is 208 Å². The van der Waals surface area contributed by atoms with Crippen LogP contribution in [0, 0.1) is 17.8 Å². The van der Waals surface area contributed by atoms with E-state index in [-0.39, 0.29) is 47.6 Å². The summed E-state index contributed by atoms with van der Waals surface area (Å²) in [6.45, 7) is 18.6. The predicted octanol–water partition coefficient (Wildman–Crippen LogP) is 4.73. The van der Waals surface area contributed by atoms with Crippen LogP contribution in [-0.4, -0.2) is 60.7 Å². The van der Waals surface area contributed by atoms with Gasteiger partial charge in [-0.25, -0.2) is 0 Å². The summed E-state index contributed by atoms with van der Waals surface area (Å²) in [6.07, 6.45) is 0.676. The minimum Gasteiger partial charge on any atom is -0.347 e. The number of amides is 3. The van der Waals surface area contributed by atoms with Crippen molar-refractivity contribution in [3.63, 3.8) is 0 Å². The topological polar surface area (TPSA) is 69.7 Å². The van der Waals surface area contributed by atoms with Gasteiger partial charge in [0.15, 0.2) is 0 Å². The number of benzene rings is 1. The molecule has 6 heteroatoms. The van der Waals surface area contributed by atoms with Crippen LogP contribution in [0.4, 0.5) is 0 Å². The molecule has 1 rings (SSSR count). The van der Waals surface area contributed by atoms with Gasteiger partial charge >= 0.3 is 0 Å². The monoisotopic (exact) mass is 475 g/mol. The molecule has 2 atom stereocenters. The van der Waals surface area contributed by atoms with Crippen LogP contribution in [0.1, 0.15) is 74.3 Å². The van der Waals surface area contributed by atoms with Crippen LogP contribution in [0.25, 0.3) is 0 Å². The number of nitrogens with one attached hydrogen (secondary N) is 1. The van der Waals surface area contributed by atoms with Crippen molar-refractivity contribution in [3.05, 3.63) is 35.9 Å². The Kier molecular flexibility index (Phi) is 13.8. The maximum absolute atomic E-state index is 13.0. The lowest BCUT2D eigenvalue weighted by atomic mass is 9.71. The predicted molar refractivity (Wildman–Crippen MR) is 141 cm³/mol. The molecule has 0 bridgehead atoms. The number of likely N-dealkylation sites (N-methyl/N-ethyl adjacent to an activating group) is 2. The van der Waals surface area contributed by atoms with Crippen molar-refractivity contribution in [3.8, 4) is 0 Å². The smallest absolute Gasteiger partial charge is 0.242 e. The molecular weight excluding hydrogens is 426 g/mol. The Balaban J connectivity index is 0.00000251. The maximum Gasteiger partial charge on any atom is 0.242 e. The number of carbonyl (C=O) groups excluding carboxylic acids is 3. The van der Waals surface area contributed by atoms with E-state index in [0.717, 1.165) is 11.5 Å². The van der Waals surface area contributed by atoms with Gasteiger partial charge in [-0.05, 0) is 23.8 Å². The second kappa shape index (κ2) is 14.8. The van der Waals surface area contributed by atoms with Gasteiger partial charge in [-0.3, -0.25) is 14.4 Å². The molecule has 0 fully saturated rings. The Hall–Kier alpha value is -2.37. The largest absolute Gasteiger partial charge is 0.347 e. The van der Waals surface area contributed by atoms with Crippen molar-refractivity contribution < 1.29 is 14.4 Å². The standard InChI is InChI=1S/C24H39N3O3.C4H10/c1-9-20(24(5,6)19-13-11-10-12-14-19)23(30)25-15-22(29)27(8)21(17(2)3)16-26(7)18(4)28;1-4(2)3/h10-14,17,20-21H,9,15-16H2,1-8H3,(H,25,30);4H,1-3H3/t20-,21-;/m1./s1. The van der Waals surface area contributed by atoms with E-state index >= 15 is 0 Å². The van der Waals surface area contributed by atoms with Crippen LogP contribution in [0.5, 0.6) is 0 Å². The van der Waals surface area contributed by atoms with Crippen molar-refractivity contribution >= 4 is 17.7 Å². The first-order valence-corrected chi connectivity index (χ1v) is 12.5. The Bertz CT molecular complexity index is 757. The molecule has 0 heterocycles. The third kappa shape index (κ3) is 10.3. The fourth-order valence-electron chi connectivity index (χ4n) is 3.88. The zero-order chi connectivity index (χ0) is 26.6. The number of rotatable bonds is 10. The van der Waals surface area contributed by atoms with Gasteiger partial charge in [0.25, 0.3) is 0 Å². The minimum absolute atomic E-state index is 0.0382. The quantitative estimate of drug-likeness (QED) is 0.532. The van der Waals surface area contributed by atoms with Crippen molar-refractivity contribution in [2.45, 2.75) is 80.2 Å². The summed E-state index contributed by atoms with van der Waals surface area (Å²) in [7, 11) is 3.47. The average Bonchev–Trinajstić information content (AvgIpc) is 2.75. The fraction of sp³-hybridized carbons (Fsp3) is 0.679. The lowest BCUT2D eigenvalue weighted by Gasteiger charge is -2.35. The molecular formula is C28H49N3O3. The van der Waals surface area contributed by atoms with E-state index < -0.39 is 0 Å². The van der Waals surface area contributed by atoms with E-state index in [1.54, 1.807) is 23.9 Å². The molecule has 0 unspecified atom stereocenters. The normalized spacial score (nSPS) is 13.0. The first-order valence-electron chi connectivity index (χ1n) is 12.5. The molecule has 194 valence electrons. The minimum atomic E-state index is -0.348. The van der Waals surface area contributed by atoms with E-state index in [1.165, 1.54) is 6.92 Å². The van der Waals surface area contributed by atoms with E-state index in [9.17, 15) is 14.4 Å². The number of nitrogens with zero attached hydrogens (tertiary/aromatic N) is 2. The van der Waals surface area contributed by atoms with E-state index in [0.29, 0.717) is 13.0 Å². The van der Waals surface area contributed by atoms with Gasteiger partial charge in [0.05, 0.1) is 12.6 Å². The van der Waals surface area contributed by atoms with E-state index in [2.05, 4.69) is 39.9 Å². The number of hydrogen-bond acceptors (Lipinski definition) is 3. The molecule has 0 radical (unpaired) electrons. The Morgan fingerprint density at radius 3 is 1.88 bits per heavy atom. The molecule has 3 amide bonds. The summed E-state index contributed by atoms with van der Waals surface area (Å²) < 4.78 is 0. The number of hydrogen-bond donors (Lipinski definition) is 1. The second-order valence-electron chi connectivity index (χ2n) is 10.7. The van der Waals surface area contributed by atoms with Crippen molar-refractivity contribution in [1.82, 2.24) is 15.1 Å². The zero-order valence-electron chi connectivity index (χ0n) is 23.4. The average molecular weight is 476 g/mol. The van der Waals surface area contributed by atoms with Crippen molar-refractivity contribution in [2.24, 2.45) is 17.8 Å². The van der Waals surface area contributed by atoms with Crippen LogP contribution in [-0.2, 0) is 19.8 Å². The first kappa shape index (κ1) is 31.6. The summed E-state index contributed by atoms with van der Waals surface area (Å²) in [5, 5.41) is 2.85. The lowest BCUT2D eigenvalue weighted by molar-refractivity contribution is -0.137. The van der Waals surface area contributed by atoms with E-state index in [4.69, 9.17) is 0 Å². The first-order chi connectivity index (χ1) is 15.7. The molecule has 0 saturated carbocycles. The molecule has 1 aromatic rings. The van der Waals surface area contributed by atoms with Gasteiger partial charge in [-0.15, -0.1) is 0 Å². The molecule has 0 aliphatic rings. The van der Waals surface area contributed by atoms with Crippen LogP contribution in [0.2, 0.25) is 0 Å². The summed E-state index contributed by atoms with van der Waals surface area (Å²) in [6, 6.07) is 9.87. The summed E-state index contributed by atoms with van der Waals surface area (Å²) >= 11 is 0. The Morgan fingerprint density at radius 2 is 1.47 bits per heavy atom. The molecule has 0 saturated heterocycles. The van der Waals surface area contributed by atoms with Gasteiger partial charge in [-0.2, -0.15) is 0 Å². The molecule has 1 N–H and O–H groups in total. The van der Waals surface area contributed by atoms with Crippen LogP contribution in [0.3, 0.4) is 0 Å². The van der Waals surface area contributed by atoms with Crippen molar-refractivity contribution in [2.75, 3.05) is 27.2 Å². The maximum atomic E-state index is 13.0. The highest BCUT2D eigenvalue weighted by molar-refractivity contribution is 5.86. The molecule has 0 aliphatic heterocycles. The molecule has 0 spiro atoms. The third-order valence-corrected chi connectivity index (χ3v) is 6.19. The van der Waals surface area contributed by atoms with E-state index in [1.807, 2.05) is 51.1 Å². The lowest BCUT2D eigenvalue weighted by Crippen LogP contribution is -2.51. The van der Waals surface area contributed by atoms with Gasteiger partial charge in [0.2, 0.25) is 17.7 Å². The van der Waals surface area contributed by atoms with Crippen LogP contribution < -0.4 is 5.32 Å². The molecule has 1 aromatic carbocycles. The summed E-state index contributed by atoms with van der Waals surface area (Å²) in [5.41, 5.74) is 0.752. The SMILES string of the molecule is CC(C)C.CC[C@H](C(=O)NCC(=O)N(C)[C@H](CN(C)C(C)=O)C(C)C)C(C)(C)c1ccccc1. The van der Waals surface area contributed by atoms with Crippen LogP contribution in [0.15, 0.2) is 30.3 Å². The second-order valence-corrected chi connectivity index (χ2v) is 10.7. The molecule has 0 aromatic heterocycles. The summed E-state index contributed by atoms with van der Waals surface area (Å²) in [4.78, 5) is 40.6. The third-order valence-electron chi connectivity index (χ3n) is 6.19. The Morgan fingerprint density at radius 1 is 0.971 bits per heavy atom. The summed E-state index contributed by atoms with van der Waals surface area (Å²) in [5.74, 6) is 0.449. The molecule has 34 heavy (non-hydrogen) atoms. The highest BCUT2D eigenvalue weighted by Crippen LogP contribution is 2.33. The van der Waals surface area contributed by atoms with Crippen molar-refractivity contribution in [1.29, 1.82) is 0 Å². The van der Waals surface area contributed by atoms with Crippen LogP contribution >= 0.6 is 0 Å². The van der Waals surface area contributed by atoms with Gasteiger partial charge in [-0.1, -0.05) is 85.7 Å². The molecule has 0 aliphatic carbocycles. The van der Waals surface area contributed by atoms with Gasteiger partial charge in [0.1, 0.15) is 0 Å². The zero-order valence-corrected chi connectivity index (χ0v) is 23.4. The fourth-order valence-corrected chi connectivity index (χ4v) is 3.88. The number of carbonyl (C=O) groups is 3. The van der Waals surface area contributed by atoms with Gasteiger partial charge in [0, 0.05) is 38.9 Å². The highest BCUT2D eigenvalue weighted by Gasteiger charge is 2.35. The van der Waals surface area contributed by atoms with Gasteiger partial charge < -0.3 is 15.1 Å². The molecule has 6 nitrogen and oxygen atoms in total. The highest BCUT2D eigenvalue weighted by atomic mass is 16.2.